The van der Waals surface area contributed by atoms with E-state index in [1.165, 1.54) is 12.1 Å². The summed E-state index contributed by atoms with van der Waals surface area (Å²) >= 11 is 0. The van der Waals surface area contributed by atoms with Gasteiger partial charge in [0.05, 0.1) is 0 Å². The summed E-state index contributed by atoms with van der Waals surface area (Å²) in [6, 6.07) is 7.86. The highest BCUT2D eigenvalue weighted by Crippen LogP contribution is 2.27. The molecular weight excluding hydrogens is 245 g/mol. The Morgan fingerprint density at radius 3 is 2.68 bits per heavy atom. The average Bonchev–Trinajstić information content (AvgIpc) is 2.76. The Hall–Kier alpha value is -2.10. The number of halogens is 1. The van der Waals surface area contributed by atoms with E-state index >= 15 is 0 Å². The predicted octanol–water partition coefficient (Wildman–Crippen LogP) is 3.71. The van der Waals surface area contributed by atoms with Crippen LogP contribution < -0.4 is 0 Å². The molecule has 0 saturated heterocycles. The van der Waals surface area contributed by atoms with Crippen LogP contribution in [-0.4, -0.2) is 15.6 Å². The van der Waals surface area contributed by atoms with Crippen LogP contribution in [-0.2, 0) is 6.54 Å². The Labute approximate surface area is 111 Å². The summed E-state index contributed by atoms with van der Waals surface area (Å²) in [7, 11) is 0. The van der Waals surface area contributed by atoms with Gasteiger partial charge in [-0.3, -0.25) is 0 Å². The van der Waals surface area contributed by atoms with Crippen LogP contribution in [0.4, 0.5) is 4.39 Å². The monoisotopic (exact) mass is 261 g/mol. The highest BCUT2D eigenvalue weighted by molar-refractivity contribution is 5.87. The predicted molar refractivity (Wildman–Crippen MR) is 71.8 cm³/mol. The van der Waals surface area contributed by atoms with E-state index in [2.05, 4.69) is 0 Å². The fraction of sp³-hybridized carbons (Fsp3) is 0.267. The van der Waals surface area contributed by atoms with Crippen LogP contribution in [0.15, 0.2) is 30.3 Å². The number of aromatic carboxylic acids is 1. The van der Waals surface area contributed by atoms with Crippen molar-refractivity contribution in [2.45, 2.75) is 26.8 Å². The molecule has 0 amide bonds. The molecule has 0 fully saturated rings. The lowest BCUT2D eigenvalue weighted by Gasteiger charge is -2.12. The molecule has 2 rings (SSSR count). The van der Waals surface area contributed by atoms with E-state index in [9.17, 15) is 14.3 Å². The van der Waals surface area contributed by atoms with Crippen molar-refractivity contribution in [2.24, 2.45) is 0 Å². The molecule has 3 nitrogen and oxygen atoms in total. The van der Waals surface area contributed by atoms with Crippen molar-refractivity contribution < 1.29 is 14.3 Å². The molecule has 1 heterocycles. The van der Waals surface area contributed by atoms with E-state index in [-0.39, 0.29) is 11.5 Å². The third-order valence-electron chi connectivity index (χ3n) is 3.12. The van der Waals surface area contributed by atoms with Crippen LogP contribution in [0.25, 0.3) is 11.3 Å². The van der Waals surface area contributed by atoms with Crippen LogP contribution in [0.1, 0.15) is 29.4 Å². The number of hydrogen-bond donors (Lipinski definition) is 1. The van der Waals surface area contributed by atoms with Gasteiger partial charge in [0.1, 0.15) is 11.5 Å². The highest BCUT2D eigenvalue weighted by atomic mass is 19.1. The Morgan fingerprint density at radius 1 is 1.32 bits per heavy atom. The third-order valence-corrected chi connectivity index (χ3v) is 3.12. The molecule has 0 aliphatic heterocycles. The molecule has 0 atom stereocenters. The second-order valence-corrected chi connectivity index (χ2v) is 4.52. The van der Waals surface area contributed by atoms with Gasteiger partial charge in [0.25, 0.3) is 0 Å². The zero-order chi connectivity index (χ0) is 14.0. The van der Waals surface area contributed by atoms with Crippen molar-refractivity contribution in [3.8, 4) is 11.3 Å². The number of benzene rings is 1. The first-order valence-corrected chi connectivity index (χ1v) is 6.24. The molecule has 0 unspecified atom stereocenters. The Kier molecular flexibility index (Phi) is 3.69. The van der Waals surface area contributed by atoms with Gasteiger partial charge in [-0.1, -0.05) is 13.0 Å². The summed E-state index contributed by atoms with van der Waals surface area (Å²) < 4.78 is 15.1. The Balaban J connectivity index is 2.61. The first-order chi connectivity index (χ1) is 9.04. The number of aryl methyl sites for hydroxylation is 1. The Morgan fingerprint density at radius 2 is 2.05 bits per heavy atom. The van der Waals surface area contributed by atoms with Gasteiger partial charge in [-0.2, -0.15) is 0 Å². The summed E-state index contributed by atoms with van der Waals surface area (Å²) in [4.78, 5) is 11.2. The highest BCUT2D eigenvalue weighted by Gasteiger charge is 2.16. The van der Waals surface area contributed by atoms with Gasteiger partial charge in [0, 0.05) is 17.8 Å². The summed E-state index contributed by atoms with van der Waals surface area (Å²) in [5, 5.41) is 9.18. The fourth-order valence-electron chi connectivity index (χ4n) is 2.22. The summed E-state index contributed by atoms with van der Waals surface area (Å²) in [6.07, 6.45) is 0.816. The quantitative estimate of drug-likeness (QED) is 0.911. The number of hydrogen-bond acceptors (Lipinski definition) is 1. The lowest BCUT2D eigenvalue weighted by atomic mass is 10.1. The standard InChI is InChI=1S/C15H16FNO2/c1-3-8-17-13(6-7-14(17)15(18)19)12-9-11(16)5-4-10(12)2/h4-7,9H,3,8H2,1-2H3,(H,18,19). The van der Waals surface area contributed by atoms with Crippen LogP contribution in [0.2, 0.25) is 0 Å². The van der Waals surface area contributed by atoms with Crippen LogP contribution in [0, 0.1) is 12.7 Å². The van der Waals surface area contributed by atoms with Crippen molar-refractivity contribution in [3.63, 3.8) is 0 Å². The molecule has 0 aliphatic rings. The average molecular weight is 261 g/mol. The van der Waals surface area contributed by atoms with Gasteiger partial charge in [-0.25, -0.2) is 9.18 Å². The number of nitrogens with zero attached hydrogens (tertiary/aromatic N) is 1. The summed E-state index contributed by atoms with van der Waals surface area (Å²) in [5.74, 6) is -1.28. The minimum absolute atomic E-state index is 0.237. The van der Waals surface area contributed by atoms with Crippen LogP contribution in [0.5, 0.6) is 0 Å². The van der Waals surface area contributed by atoms with Gasteiger partial charge in [0.15, 0.2) is 0 Å². The van der Waals surface area contributed by atoms with Gasteiger partial charge in [0.2, 0.25) is 0 Å². The first-order valence-electron chi connectivity index (χ1n) is 6.24. The molecule has 0 bridgehead atoms. The van der Waals surface area contributed by atoms with Crippen molar-refractivity contribution in [2.75, 3.05) is 0 Å². The molecule has 0 radical (unpaired) electrons. The summed E-state index contributed by atoms with van der Waals surface area (Å²) in [5.41, 5.74) is 2.64. The molecule has 0 aliphatic carbocycles. The van der Waals surface area contributed by atoms with Crippen molar-refractivity contribution in [3.05, 3.63) is 47.4 Å². The van der Waals surface area contributed by atoms with Crippen molar-refractivity contribution in [1.29, 1.82) is 0 Å². The minimum Gasteiger partial charge on any atom is -0.477 e. The molecule has 1 aromatic heterocycles. The van der Waals surface area contributed by atoms with Gasteiger partial charge in [-0.05, 0) is 43.2 Å². The molecule has 1 aromatic carbocycles. The van der Waals surface area contributed by atoms with Gasteiger partial charge in [-0.15, -0.1) is 0 Å². The lowest BCUT2D eigenvalue weighted by molar-refractivity contribution is 0.0685. The van der Waals surface area contributed by atoms with Crippen molar-refractivity contribution >= 4 is 5.97 Å². The van der Waals surface area contributed by atoms with E-state index in [0.29, 0.717) is 6.54 Å². The molecule has 4 heteroatoms. The van der Waals surface area contributed by atoms with Crippen LogP contribution in [0.3, 0.4) is 0 Å². The Bertz CT molecular complexity index is 617. The van der Waals surface area contributed by atoms with Gasteiger partial charge >= 0.3 is 5.97 Å². The van der Waals surface area contributed by atoms with E-state index < -0.39 is 5.97 Å². The second kappa shape index (κ2) is 5.26. The van der Waals surface area contributed by atoms with E-state index in [1.54, 1.807) is 22.8 Å². The SMILES string of the molecule is CCCn1c(C(=O)O)ccc1-c1cc(F)ccc1C. The number of aromatic nitrogens is 1. The van der Waals surface area contributed by atoms with Crippen molar-refractivity contribution in [1.82, 2.24) is 4.57 Å². The zero-order valence-corrected chi connectivity index (χ0v) is 11.0. The molecule has 0 saturated carbocycles. The molecule has 100 valence electrons. The minimum atomic E-state index is -0.964. The molecule has 2 aromatic rings. The smallest absolute Gasteiger partial charge is 0.352 e. The molecule has 0 spiro atoms. The number of carbonyl (C=O) groups is 1. The number of carboxylic acids is 1. The topological polar surface area (TPSA) is 42.2 Å². The van der Waals surface area contributed by atoms with Gasteiger partial charge < -0.3 is 9.67 Å². The second-order valence-electron chi connectivity index (χ2n) is 4.52. The first kappa shape index (κ1) is 13.3. The van der Waals surface area contributed by atoms with E-state index in [4.69, 9.17) is 0 Å². The van der Waals surface area contributed by atoms with Crippen LogP contribution >= 0.6 is 0 Å². The maximum absolute atomic E-state index is 13.4. The zero-order valence-electron chi connectivity index (χ0n) is 11.0. The molecular formula is C15H16FNO2. The third kappa shape index (κ3) is 2.52. The maximum atomic E-state index is 13.4. The summed E-state index contributed by atoms with van der Waals surface area (Å²) in [6.45, 7) is 4.46. The lowest BCUT2D eigenvalue weighted by Crippen LogP contribution is -2.09. The van der Waals surface area contributed by atoms with E-state index in [1.807, 2.05) is 13.8 Å². The molecule has 19 heavy (non-hydrogen) atoms. The number of rotatable bonds is 4. The number of carboxylic acid groups (broad SMARTS) is 1. The maximum Gasteiger partial charge on any atom is 0.352 e. The normalized spacial score (nSPS) is 10.7. The molecule has 1 N–H and O–H groups in total. The largest absolute Gasteiger partial charge is 0.477 e. The fourth-order valence-corrected chi connectivity index (χ4v) is 2.22. The van der Waals surface area contributed by atoms with E-state index in [0.717, 1.165) is 23.2 Å².